The molecule has 2 aliphatic rings. The molecule has 0 saturated carbocycles. The van der Waals surface area contributed by atoms with Crippen LogP contribution >= 0.6 is 0 Å². The van der Waals surface area contributed by atoms with Crippen molar-refractivity contribution in [3.63, 3.8) is 0 Å². The Morgan fingerprint density at radius 3 is 1.28 bits per heavy atom. The molecule has 2 heterocycles. The van der Waals surface area contributed by atoms with Gasteiger partial charge in [-0.25, -0.2) is 0 Å². The van der Waals surface area contributed by atoms with Gasteiger partial charge in [-0.05, 0) is 58.1 Å². The summed E-state index contributed by atoms with van der Waals surface area (Å²) in [6, 6.07) is 17.5. The minimum atomic E-state index is 0.123. The SMILES string of the molecule is CCC[C@H](CC(=O)NCC(C)C)C1=NC=C(c2ccc(-c3ccc(C4=CN=C([C@H](CCC)CC(=O)NCC(C)C)C4)cc3)cc2)C1. The van der Waals surface area contributed by atoms with Crippen LogP contribution in [0.5, 0.6) is 0 Å². The van der Waals surface area contributed by atoms with Gasteiger partial charge in [0.05, 0.1) is 0 Å². The Morgan fingerprint density at radius 2 is 0.957 bits per heavy atom. The third-order valence-corrected chi connectivity index (χ3v) is 8.86. The van der Waals surface area contributed by atoms with Gasteiger partial charge < -0.3 is 10.6 Å². The summed E-state index contributed by atoms with van der Waals surface area (Å²) in [6.45, 7) is 14.2. The minimum absolute atomic E-state index is 0.123. The zero-order valence-electron chi connectivity index (χ0n) is 28.9. The van der Waals surface area contributed by atoms with E-state index < -0.39 is 0 Å². The molecule has 2 aromatic rings. The van der Waals surface area contributed by atoms with Crippen LogP contribution in [0.2, 0.25) is 0 Å². The molecule has 2 aromatic carbocycles. The first-order valence-electron chi connectivity index (χ1n) is 17.4. The van der Waals surface area contributed by atoms with Crippen molar-refractivity contribution in [3.05, 3.63) is 72.1 Å². The lowest BCUT2D eigenvalue weighted by atomic mass is 9.89. The molecule has 46 heavy (non-hydrogen) atoms. The van der Waals surface area contributed by atoms with Gasteiger partial charge in [0.15, 0.2) is 0 Å². The topological polar surface area (TPSA) is 82.9 Å². The van der Waals surface area contributed by atoms with E-state index in [1.165, 1.54) is 33.4 Å². The zero-order chi connectivity index (χ0) is 33.1. The van der Waals surface area contributed by atoms with Crippen molar-refractivity contribution in [1.29, 1.82) is 0 Å². The summed E-state index contributed by atoms with van der Waals surface area (Å²) in [5, 5.41) is 6.14. The van der Waals surface area contributed by atoms with Crippen LogP contribution in [0, 0.1) is 23.7 Å². The Hall–Kier alpha value is -3.80. The predicted octanol–water partition coefficient (Wildman–Crippen LogP) is 8.88. The summed E-state index contributed by atoms with van der Waals surface area (Å²) < 4.78 is 0. The fraction of sp³-hybridized carbons (Fsp3) is 0.500. The van der Waals surface area contributed by atoms with E-state index in [2.05, 4.69) is 101 Å². The van der Waals surface area contributed by atoms with Gasteiger partial charge in [0.2, 0.25) is 11.8 Å². The molecule has 246 valence electrons. The molecule has 0 unspecified atom stereocenters. The van der Waals surface area contributed by atoms with E-state index in [-0.39, 0.29) is 23.7 Å². The molecule has 0 spiro atoms. The number of allylic oxidation sites excluding steroid dienone is 2. The Morgan fingerprint density at radius 1 is 0.609 bits per heavy atom. The van der Waals surface area contributed by atoms with Crippen LogP contribution in [0.1, 0.15) is 104 Å². The third-order valence-electron chi connectivity index (χ3n) is 8.86. The first kappa shape index (κ1) is 35.1. The molecule has 2 N–H and O–H groups in total. The highest BCUT2D eigenvalue weighted by molar-refractivity contribution is 6.02. The van der Waals surface area contributed by atoms with E-state index in [4.69, 9.17) is 9.98 Å². The van der Waals surface area contributed by atoms with Crippen LogP contribution in [0.4, 0.5) is 0 Å². The van der Waals surface area contributed by atoms with Crippen molar-refractivity contribution >= 4 is 34.4 Å². The lowest BCUT2D eigenvalue weighted by Gasteiger charge is -2.17. The summed E-state index contributed by atoms with van der Waals surface area (Å²) in [6.07, 6.45) is 10.6. The highest BCUT2D eigenvalue weighted by atomic mass is 16.2. The molecule has 0 bridgehead atoms. The van der Waals surface area contributed by atoms with Crippen LogP contribution in [0.15, 0.2) is 70.9 Å². The largest absolute Gasteiger partial charge is 0.356 e. The monoisotopic (exact) mass is 622 g/mol. The lowest BCUT2D eigenvalue weighted by molar-refractivity contribution is -0.122. The van der Waals surface area contributed by atoms with Gasteiger partial charge in [0, 0.05) is 74.4 Å². The van der Waals surface area contributed by atoms with Crippen LogP contribution < -0.4 is 10.6 Å². The minimum Gasteiger partial charge on any atom is -0.356 e. The van der Waals surface area contributed by atoms with E-state index in [1.807, 2.05) is 12.4 Å². The summed E-state index contributed by atoms with van der Waals surface area (Å²) in [7, 11) is 0. The van der Waals surface area contributed by atoms with E-state index in [1.54, 1.807) is 0 Å². The van der Waals surface area contributed by atoms with Crippen LogP contribution in [0.3, 0.4) is 0 Å². The lowest BCUT2D eigenvalue weighted by Crippen LogP contribution is -2.30. The van der Waals surface area contributed by atoms with Crippen molar-refractivity contribution in [3.8, 4) is 11.1 Å². The molecule has 6 heteroatoms. The molecule has 4 rings (SSSR count). The third kappa shape index (κ3) is 10.1. The number of aliphatic imine (C=N–C) groups is 2. The number of carbonyl (C=O) groups is 2. The molecule has 2 aliphatic heterocycles. The smallest absolute Gasteiger partial charge is 0.220 e. The summed E-state index contributed by atoms with van der Waals surface area (Å²) in [5.74, 6) is 1.52. The Kier molecular flexibility index (Phi) is 13.1. The van der Waals surface area contributed by atoms with Gasteiger partial charge in [-0.15, -0.1) is 0 Å². The van der Waals surface area contributed by atoms with Gasteiger partial charge in [-0.2, -0.15) is 0 Å². The normalized spacial score (nSPS) is 15.7. The molecule has 0 saturated heterocycles. The van der Waals surface area contributed by atoms with Crippen molar-refractivity contribution in [2.75, 3.05) is 13.1 Å². The maximum absolute atomic E-state index is 12.5. The number of hydrogen-bond donors (Lipinski definition) is 2. The number of nitrogens with one attached hydrogen (secondary N) is 2. The standard InChI is InChI=1S/C40H54N4O2/c1-7-9-33(21-39(45)43-23-27(3)4)37-19-35(25-41-37)31-15-11-29(12-16-31)30-13-17-32(18-14-30)36-20-38(42-26-36)34(10-8-2)22-40(46)44-24-28(5)6/h11-18,25-28,33-34H,7-10,19-24H2,1-6H3,(H,43,45)(H,44,46)/t33-,34-/m1/s1. The molecule has 2 amide bonds. The van der Waals surface area contributed by atoms with E-state index in [0.717, 1.165) is 63.0 Å². The predicted molar refractivity (Wildman–Crippen MR) is 194 cm³/mol. The van der Waals surface area contributed by atoms with Gasteiger partial charge >= 0.3 is 0 Å². The number of amides is 2. The molecular weight excluding hydrogens is 568 g/mol. The number of carbonyl (C=O) groups excluding carboxylic acids is 2. The van der Waals surface area contributed by atoms with Gasteiger partial charge in [-0.1, -0.05) is 103 Å². The average molecular weight is 623 g/mol. The highest BCUT2D eigenvalue weighted by Crippen LogP contribution is 2.33. The fourth-order valence-electron chi connectivity index (χ4n) is 6.20. The number of nitrogens with zero attached hydrogens (tertiary/aromatic N) is 2. The molecule has 0 aromatic heterocycles. The van der Waals surface area contributed by atoms with Gasteiger partial charge in [0.25, 0.3) is 0 Å². The van der Waals surface area contributed by atoms with Crippen molar-refractivity contribution in [2.45, 2.75) is 92.9 Å². The van der Waals surface area contributed by atoms with Gasteiger partial charge in [-0.3, -0.25) is 19.6 Å². The molecule has 0 fully saturated rings. The average Bonchev–Trinajstić information content (AvgIpc) is 3.74. The molecule has 2 atom stereocenters. The van der Waals surface area contributed by atoms with Crippen molar-refractivity contribution in [2.24, 2.45) is 33.7 Å². The second kappa shape index (κ2) is 17.2. The first-order chi connectivity index (χ1) is 22.2. The fourth-order valence-corrected chi connectivity index (χ4v) is 6.20. The summed E-state index contributed by atoms with van der Waals surface area (Å²) in [4.78, 5) is 34.6. The maximum atomic E-state index is 12.5. The van der Waals surface area contributed by atoms with Crippen molar-refractivity contribution < 1.29 is 9.59 Å². The Bertz CT molecular complexity index is 1330. The number of hydrogen-bond acceptors (Lipinski definition) is 4. The zero-order valence-corrected chi connectivity index (χ0v) is 28.9. The highest BCUT2D eigenvalue weighted by Gasteiger charge is 2.25. The maximum Gasteiger partial charge on any atom is 0.220 e. The van der Waals surface area contributed by atoms with Crippen LogP contribution in [0.25, 0.3) is 22.3 Å². The second-order valence-electron chi connectivity index (χ2n) is 13.8. The summed E-state index contributed by atoms with van der Waals surface area (Å²) >= 11 is 0. The molecule has 6 nitrogen and oxygen atoms in total. The molecule has 0 radical (unpaired) electrons. The number of benzene rings is 2. The van der Waals surface area contributed by atoms with Crippen LogP contribution in [-0.2, 0) is 9.59 Å². The van der Waals surface area contributed by atoms with E-state index >= 15 is 0 Å². The summed E-state index contributed by atoms with van der Waals surface area (Å²) in [5.41, 5.74) is 9.38. The molecular formula is C40H54N4O2. The second-order valence-corrected chi connectivity index (χ2v) is 13.8. The van der Waals surface area contributed by atoms with Crippen LogP contribution in [-0.4, -0.2) is 36.3 Å². The number of rotatable bonds is 17. The quantitative estimate of drug-likeness (QED) is 0.185. The molecule has 0 aliphatic carbocycles. The first-order valence-corrected chi connectivity index (χ1v) is 17.4. The Labute approximate surface area is 277 Å². The van der Waals surface area contributed by atoms with E-state index in [9.17, 15) is 9.59 Å². The van der Waals surface area contributed by atoms with E-state index in [0.29, 0.717) is 24.7 Å². The van der Waals surface area contributed by atoms with Crippen molar-refractivity contribution in [1.82, 2.24) is 10.6 Å². The Balaban J connectivity index is 1.32. The van der Waals surface area contributed by atoms with Gasteiger partial charge in [0.1, 0.15) is 0 Å².